The lowest BCUT2D eigenvalue weighted by atomic mass is 10.0. The number of aryl methyl sites for hydroxylation is 1. The SMILES string of the molecule is COc1cc(C)c(C)c(OCCCCCCOc2ccc(Cl)cc2)c1C. The summed E-state index contributed by atoms with van der Waals surface area (Å²) < 4.78 is 17.2. The predicted octanol–water partition coefficient (Wildman–Crippen LogP) is 6.29. The molecule has 26 heavy (non-hydrogen) atoms. The van der Waals surface area contributed by atoms with Gasteiger partial charge in [-0.05, 0) is 87.9 Å². The highest BCUT2D eigenvalue weighted by molar-refractivity contribution is 6.30. The molecule has 0 radical (unpaired) electrons. The number of hydrogen-bond donors (Lipinski definition) is 0. The molecule has 0 aromatic heterocycles. The van der Waals surface area contributed by atoms with E-state index in [2.05, 4.69) is 26.8 Å². The van der Waals surface area contributed by atoms with Gasteiger partial charge in [0, 0.05) is 10.6 Å². The minimum Gasteiger partial charge on any atom is -0.496 e. The molecule has 2 rings (SSSR count). The standard InChI is InChI=1S/C22H29ClO3/c1-16-15-21(24-4)18(3)22(17(16)2)26-14-8-6-5-7-13-25-20-11-9-19(23)10-12-20/h9-12,15H,5-8,13-14H2,1-4H3. The van der Waals surface area contributed by atoms with Crippen LogP contribution in [-0.4, -0.2) is 20.3 Å². The van der Waals surface area contributed by atoms with Crippen LogP contribution in [0.4, 0.5) is 0 Å². The molecule has 0 bridgehead atoms. The largest absolute Gasteiger partial charge is 0.496 e. The molecule has 3 nitrogen and oxygen atoms in total. The molecular weight excluding hydrogens is 348 g/mol. The van der Waals surface area contributed by atoms with Crippen molar-refractivity contribution in [1.29, 1.82) is 0 Å². The van der Waals surface area contributed by atoms with Crippen LogP contribution >= 0.6 is 11.6 Å². The van der Waals surface area contributed by atoms with Crippen molar-refractivity contribution in [2.75, 3.05) is 20.3 Å². The maximum Gasteiger partial charge on any atom is 0.129 e. The zero-order valence-electron chi connectivity index (χ0n) is 16.2. The summed E-state index contributed by atoms with van der Waals surface area (Å²) in [6.07, 6.45) is 4.34. The van der Waals surface area contributed by atoms with Crippen LogP contribution in [0.3, 0.4) is 0 Å². The molecule has 0 amide bonds. The zero-order chi connectivity index (χ0) is 18.9. The summed E-state index contributed by atoms with van der Waals surface area (Å²) in [5.74, 6) is 2.73. The molecule has 4 heteroatoms. The number of methoxy groups -OCH3 is 1. The van der Waals surface area contributed by atoms with E-state index < -0.39 is 0 Å². The Morgan fingerprint density at radius 3 is 2.04 bits per heavy atom. The molecule has 0 saturated carbocycles. The Kier molecular flexibility index (Phi) is 8.11. The minimum atomic E-state index is 0.729. The van der Waals surface area contributed by atoms with Gasteiger partial charge in [0.25, 0.3) is 0 Å². The van der Waals surface area contributed by atoms with E-state index in [1.165, 1.54) is 11.1 Å². The second kappa shape index (κ2) is 10.3. The Morgan fingerprint density at radius 2 is 1.42 bits per heavy atom. The van der Waals surface area contributed by atoms with Gasteiger partial charge in [0.05, 0.1) is 20.3 Å². The number of rotatable bonds is 10. The third kappa shape index (κ3) is 5.84. The molecule has 0 aliphatic carbocycles. The first kappa shape index (κ1) is 20.4. The maximum absolute atomic E-state index is 6.05. The zero-order valence-corrected chi connectivity index (χ0v) is 17.0. The summed E-state index contributed by atoms with van der Waals surface area (Å²) in [4.78, 5) is 0. The summed E-state index contributed by atoms with van der Waals surface area (Å²) in [6.45, 7) is 7.70. The Labute approximate surface area is 162 Å². The lowest BCUT2D eigenvalue weighted by Gasteiger charge is -2.17. The van der Waals surface area contributed by atoms with Gasteiger partial charge < -0.3 is 14.2 Å². The topological polar surface area (TPSA) is 27.7 Å². The average Bonchev–Trinajstić information content (AvgIpc) is 2.64. The van der Waals surface area contributed by atoms with Crippen molar-refractivity contribution in [3.63, 3.8) is 0 Å². The van der Waals surface area contributed by atoms with Gasteiger partial charge in [0.15, 0.2) is 0 Å². The van der Waals surface area contributed by atoms with Crippen LogP contribution in [0.15, 0.2) is 30.3 Å². The molecular formula is C22H29ClO3. The van der Waals surface area contributed by atoms with E-state index in [1.54, 1.807) is 7.11 Å². The van der Waals surface area contributed by atoms with Crippen LogP contribution in [0, 0.1) is 20.8 Å². The van der Waals surface area contributed by atoms with Crippen LogP contribution in [-0.2, 0) is 0 Å². The van der Waals surface area contributed by atoms with Crippen molar-refractivity contribution >= 4 is 11.6 Å². The first-order valence-electron chi connectivity index (χ1n) is 9.19. The van der Waals surface area contributed by atoms with Crippen LogP contribution in [0.1, 0.15) is 42.4 Å². The summed E-state index contributed by atoms with van der Waals surface area (Å²) >= 11 is 5.86. The van der Waals surface area contributed by atoms with Crippen LogP contribution < -0.4 is 14.2 Å². The van der Waals surface area contributed by atoms with E-state index in [1.807, 2.05) is 24.3 Å². The van der Waals surface area contributed by atoms with E-state index in [9.17, 15) is 0 Å². The number of ether oxygens (including phenoxy) is 3. The van der Waals surface area contributed by atoms with Crippen LogP contribution in [0.5, 0.6) is 17.2 Å². The van der Waals surface area contributed by atoms with Gasteiger partial charge in [0.2, 0.25) is 0 Å². The smallest absolute Gasteiger partial charge is 0.129 e. The molecule has 0 heterocycles. The first-order chi connectivity index (χ1) is 12.5. The monoisotopic (exact) mass is 376 g/mol. The fourth-order valence-corrected chi connectivity index (χ4v) is 2.99. The fourth-order valence-electron chi connectivity index (χ4n) is 2.87. The molecule has 0 N–H and O–H groups in total. The number of benzene rings is 2. The molecule has 0 fully saturated rings. The highest BCUT2D eigenvalue weighted by Crippen LogP contribution is 2.33. The highest BCUT2D eigenvalue weighted by atomic mass is 35.5. The number of halogens is 1. The van der Waals surface area contributed by atoms with Crippen molar-refractivity contribution in [2.45, 2.75) is 46.5 Å². The van der Waals surface area contributed by atoms with Gasteiger partial charge in [-0.15, -0.1) is 0 Å². The first-order valence-corrected chi connectivity index (χ1v) is 9.56. The lowest BCUT2D eigenvalue weighted by Crippen LogP contribution is -2.04. The molecule has 0 aliphatic rings. The normalized spacial score (nSPS) is 10.7. The molecule has 142 valence electrons. The molecule has 0 unspecified atom stereocenters. The Balaban J connectivity index is 1.65. The van der Waals surface area contributed by atoms with E-state index in [0.29, 0.717) is 0 Å². The van der Waals surface area contributed by atoms with Gasteiger partial charge in [-0.1, -0.05) is 11.6 Å². The van der Waals surface area contributed by atoms with Gasteiger partial charge in [0.1, 0.15) is 17.2 Å². The van der Waals surface area contributed by atoms with Crippen LogP contribution in [0.25, 0.3) is 0 Å². The Hall–Kier alpha value is -1.87. The average molecular weight is 377 g/mol. The summed E-state index contributed by atoms with van der Waals surface area (Å²) in [5.41, 5.74) is 3.47. The summed E-state index contributed by atoms with van der Waals surface area (Å²) in [7, 11) is 1.70. The second-order valence-electron chi connectivity index (χ2n) is 6.54. The van der Waals surface area contributed by atoms with Gasteiger partial charge >= 0.3 is 0 Å². The van der Waals surface area contributed by atoms with E-state index in [0.717, 1.165) is 66.7 Å². The summed E-state index contributed by atoms with van der Waals surface area (Å²) in [5, 5.41) is 0.731. The third-order valence-corrected chi connectivity index (χ3v) is 4.83. The molecule has 0 aliphatic heterocycles. The summed E-state index contributed by atoms with van der Waals surface area (Å²) in [6, 6.07) is 9.56. The van der Waals surface area contributed by atoms with Crippen LogP contribution in [0.2, 0.25) is 5.02 Å². The highest BCUT2D eigenvalue weighted by Gasteiger charge is 2.12. The van der Waals surface area contributed by atoms with Crippen molar-refractivity contribution in [2.24, 2.45) is 0 Å². The molecule has 2 aromatic rings. The molecule has 0 spiro atoms. The third-order valence-electron chi connectivity index (χ3n) is 4.58. The number of unbranched alkanes of at least 4 members (excludes halogenated alkanes) is 3. The van der Waals surface area contributed by atoms with E-state index in [-0.39, 0.29) is 0 Å². The maximum atomic E-state index is 6.05. The molecule has 0 atom stereocenters. The predicted molar refractivity (Wildman–Crippen MR) is 108 cm³/mol. The fraction of sp³-hybridized carbons (Fsp3) is 0.455. The van der Waals surface area contributed by atoms with Crippen molar-refractivity contribution in [3.8, 4) is 17.2 Å². The Morgan fingerprint density at radius 1 is 0.808 bits per heavy atom. The lowest BCUT2D eigenvalue weighted by molar-refractivity contribution is 0.284. The van der Waals surface area contributed by atoms with E-state index in [4.69, 9.17) is 25.8 Å². The second-order valence-corrected chi connectivity index (χ2v) is 6.98. The minimum absolute atomic E-state index is 0.729. The van der Waals surface area contributed by atoms with Crippen molar-refractivity contribution in [1.82, 2.24) is 0 Å². The van der Waals surface area contributed by atoms with Gasteiger partial charge in [-0.2, -0.15) is 0 Å². The quantitative estimate of drug-likeness (QED) is 0.456. The molecule has 0 saturated heterocycles. The Bertz CT molecular complexity index is 696. The van der Waals surface area contributed by atoms with Gasteiger partial charge in [-0.25, -0.2) is 0 Å². The number of hydrogen-bond acceptors (Lipinski definition) is 3. The van der Waals surface area contributed by atoms with Crippen molar-refractivity contribution in [3.05, 3.63) is 52.0 Å². The molecule has 2 aromatic carbocycles. The van der Waals surface area contributed by atoms with E-state index >= 15 is 0 Å². The van der Waals surface area contributed by atoms with Crippen molar-refractivity contribution < 1.29 is 14.2 Å². The van der Waals surface area contributed by atoms with Gasteiger partial charge in [-0.3, -0.25) is 0 Å².